The Morgan fingerprint density at radius 3 is 2.42 bits per heavy atom. The van der Waals surface area contributed by atoms with Gasteiger partial charge in [-0.15, -0.1) is 0 Å². The van der Waals surface area contributed by atoms with E-state index in [4.69, 9.17) is 0 Å². The number of aromatic carboxylic acids is 1. The number of hydrogen-bond acceptors (Lipinski definition) is 5. The molecule has 0 saturated heterocycles. The molecule has 0 bridgehead atoms. The van der Waals surface area contributed by atoms with Crippen molar-refractivity contribution in [1.82, 2.24) is 15.0 Å². The lowest BCUT2D eigenvalue weighted by atomic mass is 10.1. The topological polar surface area (TPSA) is 113 Å². The number of nitrogens with one attached hydrogen (secondary N) is 1. The lowest BCUT2D eigenvalue weighted by Crippen LogP contribution is -2.01. The van der Waals surface area contributed by atoms with Crippen LogP contribution in [0.2, 0.25) is 0 Å². The fourth-order valence-corrected chi connectivity index (χ4v) is 3.11. The number of nitrogens with zero attached hydrogens (tertiary/aromatic N) is 2. The summed E-state index contributed by atoms with van der Waals surface area (Å²) >= 11 is 0. The Labute approximate surface area is 138 Å². The maximum Gasteiger partial charge on any atom is 0.338 e. The highest BCUT2D eigenvalue weighted by Crippen LogP contribution is 2.29. The average Bonchev–Trinajstić information content (AvgIpc) is 2.97. The summed E-state index contributed by atoms with van der Waals surface area (Å²) in [5.74, 6) is -0.508. The van der Waals surface area contributed by atoms with E-state index in [0.717, 1.165) is 6.26 Å². The van der Waals surface area contributed by atoms with Gasteiger partial charge >= 0.3 is 5.97 Å². The third-order valence-corrected chi connectivity index (χ3v) is 4.81. The number of hydrogen-bond donors (Lipinski definition) is 2. The molecule has 0 radical (unpaired) electrons. The van der Waals surface area contributed by atoms with Crippen LogP contribution in [0, 0.1) is 0 Å². The number of fused-ring (bicyclic) bond motifs is 1. The van der Waals surface area contributed by atoms with Gasteiger partial charge < -0.3 is 10.1 Å². The first-order valence-corrected chi connectivity index (χ1v) is 9.12. The van der Waals surface area contributed by atoms with Crippen molar-refractivity contribution in [2.45, 2.75) is 18.2 Å². The van der Waals surface area contributed by atoms with E-state index in [1.807, 2.05) is 6.92 Å². The number of benzene rings is 1. The van der Waals surface area contributed by atoms with E-state index >= 15 is 0 Å². The van der Waals surface area contributed by atoms with Gasteiger partial charge in [0.1, 0.15) is 11.5 Å². The van der Waals surface area contributed by atoms with E-state index in [1.54, 1.807) is 12.1 Å². The van der Waals surface area contributed by atoms with Gasteiger partial charge in [0.25, 0.3) is 0 Å². The zero-order chi connectivity index (χ0) is 17.5. The zero-order valence-electron chi connectivity index (χ0n) is 13.1. The second-order valence-electron chi connectivity index (χ2n) is 5.37. The molecule has 0 saturated carbocycles. The number of carboxylic acids is 1. The Morgan fingerprint density at radius 1 is 1.21 bits per heavy atom. The molecule has 8 heteroatoms. The molecule has 7 nitrogen and oxygen atoms in total. The number of sulfone groups is 1. The Morgan fingerprint density at radius 2 is 1.88 bits per heavy atom. The molecule has 0 aliphatic heterocycles. The van der Waals surface area contributed by atoms with Gasteiger partial charge in [0.05, 0.1) is 21.5 Å². The molecule has 124 valence electrons. The molecule has 2 aromatic heterocycles. The van der Waals surface area contributed by atoms with Crippen LogP contribution in [0.5, 0.6) is 0 Å². The van der Waals surface area contributed by atoms with Gasteiger partial charge in [-0.3, -0.25) is 0 Å². The first kappa shape index (κ1) is 16.1. The molecule has 0 fully saturated rings. The van der Waals surface area contributed by atoms with Crippen LogP contribution in [0.25, 0.3) is 22.3 Å². The summed E-state index contributed by atoms with van der Waals surface area (Å²) in [6.45, 7) is 1.90. The lowest BCUT2D eigenvalue weighted by molar-refractivity contribution is 0.0699. The monoisotopic (exact) mass is 345 g/mol. The van der Waals surface area contributed by atoms with E-state index < -0.39 is 15.8 Å². The van der Waals surface area contributed by atoms with Crippen molar-refractivity contribution in [2.75, 3.05) is 6.26 Å². The normalized spacial score (nSPS) is 11.8. The maximum atomic E-state index is 11.6. The van der Waals surface area contributed by atoms with Gasteiger partial charge in [0.15, 0.2) is 9.84 Å². The molecule has 1 aromatic carbocycles. The molecular weight excluding hydrogens is 330 g/mol. The van der Waals surface area contributed by atoms with E-state index in [1.165, 1.54) is 18.3 Å². The number of carbonyl (C=O) groups is 1. The van der Waals surface area contributed by atoms with Crippen molar-refractivity contribution >= 4 is 26.8 Å². The van der Waals surface area contributed by atoms with Crippen LogP contribution in [0.1, 0.15) is 23.1 Å². The van der Waals surface area contributed by atoms with Gasteiger partial charge in [-0.25, -0.2) is 23.2 Å². The van der Waals surface area contributed by atoms with Crippen LogP contribution in [0.4, 0.5) is 0 Å². The predicted octanol–water partition coefficient (Wildman–Crippen LogP) is 2.29. The van der Waals surface area contributed by atoms with E-state index in [9.17, 15) is 18.3 Å². The molecule has 3 rings (SSSR count). The van der Waals surface area contributed by atoms with Crippen LogP contribution in [-0.2, 0) is 16.3 Å². The standard InChI is InChI=1S/C16H15N3O4S/c1-3-12-18-14(9-4-6-10(7-5-9)24(2,22)23)13-11(16(20)21)8-17-15(13)19-12/h4-8H,3H2,1-2H3,(H,20,21)(H,17,18,19). The van der Waals surface area contributed by atoms with Crippen LogP contribution < -0.4 is 0 Å². The molecule has 2 N–H and O–H groups in total. The van der Waals surface area contributed by atoms with Gasteiger partial charge in [0.2, 0.25) is 0 Å². The number of rotatable bonds is 4. The Hall–Kier alpha value is -2.74. The minimum Gasteiger partial charge on any atom is -0.478 e. The maximum absolute atomic E-state index is 11.6. The van der Waals surface area contributed by atoms with Crippen LogP contribution in [-0.4, -0.2) is 40.7 Å². The molecular formula is C16H15N3O4S. The Bertz CT molecular complexity index is 1040. The fraction of sp³-hybridized carbons (Fsp3) is 0.188. The van der Waals surface area contributed by atoms with Crippen LogP contribution in [0.3, 0.4) is 0 Å². The average molecular weight is 345 g/mol. The zero-order valence-corrected chi connectivity index (χ0v) is 13.9. The number of aryl methyl sites for hydroxylation is 1. The minimum absolute atomic E-state index is 0.0786. The molecule has 3 aromatic rings. The molecule has 0 unspecified atom stereocenters. The summed E-state index contributed by atoms with van der Waals surface area (Å²) in [6, 6.07) is 6.21. The molecule has 0 amide bonds. The Kier molecular flexibility index (Phi) is 3.84. The van der Waals surface area contributed by atoms with E-state index in [-0.39, 0.29) is 10.5 Å². The van der Waals surface area contributed by atoms with Crippen molar-refractivity contribution in [3.63, 3.8) is 0 Å². The van der Waals surface area contributed by atoms with Crippen molar-refractivity contribution in [1.29, 1.82) is 0 Å². The molecule has 24 heavy (non-hydrogen) atoms. The summed E-state index contributed by atoms with van der Waals surface area (Å²) in [6.07, 6.45) is 3.11. The SMILES string of the molecule is CCc1nc(-c2ccc(S(C)(=O)=O)cc2)c2c(C(=O)O)c[nH]c2n1. The summed E-state index contributed by atoms with van der Waals surface area (Å²) in [5, 5.41) is 9.77. The molecule has 0 aliphatic rings. The summed E-state index contributed by atoms with van der Waals surface area (Å²) in [4.78, 5) is 23.3. The number of aromatic amines is 1. The van der Waals surface area contributed by atoms with E-state index in [0.29, 0.717) is 34.5 Å². The Balaban J connectivity index is 2.27. The third-order valence-electron chi connectivity index (χ3n) is 3.68. The van der Waals surface area contributed by atoms with Gasteiger partial charge in [0, 0.05) is 24.4 Å². The smallest absolute Gasteiger partial charge is 0.338 e. The molecule has 0 aliphatic carbocycles. The van der Waals surface area contributed by atoms with Gasteiger partial charge in [-0.1, -0.05) is 19.1 Å². The summed E-state index contributed by atoms with van der Waals surface area (Å²) < 4.78 is 23.2. The quantitative estimate of drug-likeness (QED) is 0.750. The highest BCUT2D eigenvalue weighted by atomic mass is 32.2. The summed E-state index contributed by atoms with van der Waals surface area (Å²) in [5.41, 5.74) is 1.62. The first-order valence-electron chi connectivity index (χ1n) is 7.23. The highest BCUT2D eigenvalue weighted by molar-refractivity contribution is 7.90. The largest absolute Gasteiger partial charge is 0.478 e. The van der Waals surface area contributed by atoms with Crippen molar-refractivity contribution in [3.05, 3.63) is 41.9 Å². The van der Waals surface area contributed by atoms with Crippen molar-refractivity contribution in [2.24, 2.45) is 0 Å². The number of aromatic nitrogens is 3. The third kappa shape index (κ3) is 2.76. The lowest BCUT2D eigenvalue weighted by Gasteiger charge is -2.07. The highest BCUT2D eigenvalue weighted by Gasteiger charge is 2.19. The fourth-order valence-electron chi connectivity index (χ4n) is 2.47. The second kappa shape index (κ2) is 5.72. The molecule has 2 heterocycles. The van der Waals surface area contributed by atoms with Gasteiger partial charge in [-0.05, 0) is 12.1 Å². The van der Waals surface area contributed by atoms with E-state index in [2.05, 4.69) is 15.0 Å². The number of carboxylic acid groups (broad SMARTS) is 1. The second-order valence-corrected chi connectivity index (χ2v) is 7.39. The van der Waals surface area contributed by atoms with Gasteiger partial charge in [-0.2, -0.15) is 0 Å². The number of H-pyrrole nitrogens is 1. The minimum atomic E-state index is -3.30. The van der Waals surface area contributed by atoms with Crippen LogP contribution >= 0.6 is 0 Å². The predicted molar refractivity (Wildman–Crippen MR) is 88.8 cm³/mol. The first-order chi connectivity index (χ1) is 11.3. The van der Waals surface area contributed by atoms with Crippen LogP contribution in [0.15, 0.2) is 35.4 Å². The molecule has 0 spiro atoms. The van der Waals surface area contributed by atoms with Crippen molar-refractivity contribution < 1.29 is 18.3 Å². The summed E-state index contributed by atoms with van der Waals surface area (Å²) in [7, 11) is -3.30. The van der Waals surface area contributed by atoms with Crippen molar-refractivity contribution in [3.8, 4) is 11.3 Å². The molecule has 0 atom stereocenters.